The van der Waals surface area contributed by atoms with Gasteiger partial charge in [0, 0.05) is 16.6 Å². The van der Waals surface area contributed by atoms with E-state index in [1.165, 1.54) is 11.3 Å². The molecule has 4 amide bonds. The predicted octanol–water partition coefficient (Wildman–Crippen LogP) is 1.76. The first-order valence-corrected chi connectivity index (χ1v) is 7.75. The van der Waals surface area contributed by atoms with Gasteiger partial charge in [0.05, 0.1) is 13.1 Å². The van der Waals surface area contributed by atoms with Gasteiger partial charge >= 0.3 is 6.03 Å². The maximum Gasteiger partial charge on any atom is 0.324 e. The van der Waals surface area contributed by atoms with Crippen molar-refractivity contribution in [1.82, 2.24) is 15.2 Å². The molecule has 0 aliphatic carbocycles. The summed E-state index contributed by atoms with van der Waals surface area (Å²) in [5.41, 5.74) is 1.15. The number of amides is 4. The van der Waals surface area contributed by atoms with Crippen LogP contribution in [0.3, 0.4) is 0 Å². The minimum atomic E-state index is -0.414. The summed E-state index contributed by atoms with van der Waals surface area (Å²) in [6.07, 6.45) is 1.69. The van der Waals surface area contributed by atoms with Crippen molar-refractivity contribution >= 4 is 34.3 Å². The number of anilines is 1. The van der Waals surface area contributed by atoms with E-state index >= 15 is 0 Å². The van der Waals surface area contributed by atoms with Crippen LogP contribution in [0.25, 0.3) is 0 Å². The first kappa shape index (κ1) is 15.2. The van der Waals surface area contributed by atoms with Crippen LogP contribution in [-0.4, -0.2) is 34.3 Å². The standard InChI is InChI=1S/C15H14N4O3S/c1-9-6-16-14(23-9)18-13(21)11-4-2-3-10(5-11)8-19-12(20)7-17-15(19)22/h2-6H,7-8H2,1H3,(H,17,22)(H,16,18,21). The van der Waals surface area contributed by atoms with Crippen molar-refractivity contribution in [2.24, 2.45) is 0 Å². The molecule has 0 bridgehead atoms. The topological polar surface area (TPSA) is 91.4 Å². The predicted molar refractivity (Wildman–Crippen MR) is 85.2 cm³/mol. The molecule has 1 fully saturated rings. The summed E-state index contributed by atoms with van der Waals surface area (Å²) in [5, 5.41) is 5.72. The Morgan fingerprint density at radius 3 is 2.91 bits per heavy atom. The zero-order chi connectivity index (χ0) is 16.4. The Balaban J connectivity index is 1.73. The van der Waals surface area contributed by atoms with Gasteiger partial charge in [0.25, 0.3) is 5.91 Å². The van der Waals surface area contributed by atoms with E-state index < -0.39 is 6.03 Å². The monoisotopic (exact) mass is 330 g/mol. The van der Waals surface area contributed by atoms with Gasteiger partial charge in [0.15, 0.2) is 5.13 Å². The third kappa shape index (κ3) is 3.37. The third-order valence-corrected chi connectivity index (χ3v) is 4.14. The lowest BCUT2D eigenvalue weighted by Crippen LogP contribution is -2.30. The fourth-order valence-electron chi connectivity index (χ4n) is 2.19. The summed E-state index contributed by atoms with van der Waals surface area (Å²) in [6.45, 7) is 2.07. The van der Waals surface area contributed by atoms with Gasteiger partial charge in [-0.2, -0.15) is 0 Å². The van der Waals surface area contributed by atoms with Crippen LogP contribution in [0, 0.1) is 6.92 Å². The lowest BCUT2D eigenvalue weighted by Gasteiger charge is -2.13. The fourth-order valence-corrected chi connectivity index (χ4v) is 2.85. The van der Waals surface area contributed by atoms with Gasteiger partial charge in [-0.25, -0.2) is 9.78 Å². The van der Waals surface area contributed by atoms with Gasteiger partial charge in [-0.15, -0.1) is 11.3 Å². The molecule has 0 saturated carbocycles. The highest BCUT2D eigenvalue weighted by atomic mass is 32.1. The van der Waals surface area contributed by atoms with Gasteiger partial charge in [-0.3, -0.25) is 19.8 Å². The Morgan fingerprint density at radius 1 is 1.43 bits per heavy atom. The van der Waals surface area contributed by atoms with Gasteiger partial charge in [-0.1, -0.05) is 12.1 Å². The minimum absolute atomic E-state index is 0.0163. The molecule has 2 aromatic rings. The molecular formula is C15H14N4O3S. The molecule has 2 heterocycles. The summed E-state index contributed by atoms with van der Waals surface area (Å²) in [4.78, 5) is 41.6. The lowest BCUT2D eigenvalue weighted by molar-refractivity contribution is -0.125. The Labute approximate surface area is 136 Å². The molecular weight excluding hydrogens is 316 g/mol. The lowest BCUT2D eigenvalue weighted by atomic mass is 10.1. The number of imide groups is 1. The van der Waals surface area contributed by atoms with Crippen LogP contribution in [0.2, 0.25) is 0 Å². The molecule has 0 atom stereocenters. The summed E-state index contributed by atoms with van der Waals surface area (Å²) in [5.74, 6) is -0.554. The number of thiazole rings is 1. The number of carbonyl (C=O) groups excluding carboxylic acids is 3. The van der Waals surface area contributed by atoms with Crippen molar-refractivity contribution in [3.8, 4) is 0 Å². The van der Waals surface area contributed by atoms with Gasteiger partial charge in [0.2, 0.25) is 5.91 Å². The number of hydrogen-bond acceptors (Lipinski definition) is 5. The number of hydrogen-bond donors (Lipinski definition) is 2. The summed E-state index contributed by atoms with van der Waals surface area (Å²) in [7, 11) is 0. The fraction of sp³-hybridized carbons (Fsp3) is 0.200. The van der Waals surface area contributed by atoms with Crippen LogP contribution in [0.1, 0.15) is 20.8 Å². The maximum atomic E-state index is 12.2. The van der Waals surface area contributed by atoms with Crippen LogP contribution in [0.15, 0.2) is 30.5 Å². The van der Waals surface area contributed by atoms with Crippen LogP contribution in [-0.2, 0) is 11.3 Å². The Kier molecular flexibility index (Phi) is 4.07. The Hall–Kier alpha value is -2.74. The second kappa shape index (κ2) is 6.17. The zero-order valence-electron chi connectivity index (χ0n) is 12.3. The van der Waals surface area contributed by atoms with E-state index in [4.69, 9.17) is 0 Å². The van der Waals surface area contributed by atoms with Crippen molar-refractivity contribution in [3.63, 3.8) is 0 Å². The second-order valence-corrected chi connectivity index (χ2v) is 6.30. The van der Waals surface area contributed by atoms with Crippen LogP contribution >= 0.6 is 11.3 Å². The van der Waals surface area contributed by atoms with E-state index in [0.717, 1.165) is 9.78 Å². The molecule has 0 radical (unpaired) electrons. The highest BCUT2D eigenvalue weighted by Crippen LogP contribution is 2.18. The molecule has 1 aromatic heterocycles. The van der Waals surface area contributed by atoms with E-state index in [1.807, 2.05) is 6.92 Å². The summed E-state index contributed by atoms with van der Waals surface area (Å²) >= 11 is 1.39. The van der Waals surface area contributed by atoms with Gasteiger partial charge in [0.1, 0.15) is 0 Å². The highest BCUT2D eigenvalue weighted by Gasteiger charge is 2.28. The number of nitrogens with zero attached hydrogens (tertiary/aromatic N) is 2. The maximum absolute atomic E-state index is 12.2. The molecule has 2 N–H and O–H groups in total. The number of rotatable bonds is 4. The Bertz CT molecular complexity index is 771. The normalized spacial score (nSPS) is 14.0. The van der Waals surface area contributed by atoms with Gasteiger partial charge in [-0.05, 0) is 24.6 Å². The molecule has 1 aromatic carbocycles. The second-order valence-electron chi connectivity index (χ2n) is 5.07. The van der Waals surface area contributed by atoms with Crippen molar-refractivity contribution in [2.45, 2.75) is 13.5 Å². The van der Waals surface area contributed by atoms with Crippen LogP contribution in [0.4, 0.5) is 9.93 Å². The third-order valence-electron chi connectivity index (χ3n) is 3.31. The molecule has 0 spiro atoms. The first-order valence-electron chi connectivity index (χ1n) is 6.94. The molecule has 8 heteroatoms. The molecule has 118 valence electrons. The molecule has 7 nitrogen and oxygen atoms in total. The Morgan fingerprint density at radius 2 is 2.26 bits per heavy atom. The van der Waals surface area contributed by atoms with E-state index in [-0.39, 0.29) is 24.9 Å². The average Bonchev–Trinajstić information content (AvgIpc) is 3.08. The first-order chi connectivity index (χ1) is 11.0. The highest BCUT2D eigenvalue weighted by molar-refractivity contribution is 7.15. The van der Waals surface area contributed by atoms with Crippen molar-refractivity contribution in [3.05, 3.63) is 46.5 Å². The molecule has 3 rings (SSSR count). The summed E-state index contributed by atoms with van der Waals surface area (Å²) < 4.78 is 0. The molecule has 0 unspecified atom stereocenters. The van der Waals surface area contributed by atoms with Crippen molar-refractivity contribution in [2.75, 3.05) is 11.9 Å². The van der Waals surface area contributed by atoms with Crippen LogP contribution < -0.4 is 10.6 Å². The number of benzene rings is 1. The minimum Gasteiger partial charge on any atom is -0.329 e. The van der Waals surface area contributed by atoms with E-state index in [9.17, 15) is 14.4 Å². The smallest absolute Gasteiger partial charge is 0.324 e. The van der Waals surface area contributed by atoms with Gasteiger partial charge < -0.3 is 5.32 Å². The molecule has 23 heavy (non-hydrogen) atoms. The van der Waals surface area contributed by atoms with Crippen LogP contribution in [0.5, 0.6) is 0 Å². The molecule has 1 saturated heterocycles. The van der Waals surface area contributed by atoms with E-state index in [1.54, 1.807) is 30.5 Å². The SMILES string of the molecule is Cc1cnc(NC(=O)c2cccc(CN3C(=O)CNC3=O)c2)s1. The number of urea groups is 1. The number of aryl methyl sites for hydroxylation is 1. The average molecular weight is 330 g/mol. The summed E-state index contributed by atoms with van der Waals surface area (Å²) in [6, 6.07) is 6.40. The quantitative estimate of drug-likeness (QED) is 0.836. The molecule has 1 aliphatic rings. The van der Waals surface area contributed by atoms with E-state index in [0.29, 0.717) is 16.3 Å². The largest absolute Gasteiger partial charge is 0.329 e. The van der Waals surface area contributed by atoms with Crippen molar-refractivity contribution < 1.29 is 14.4 Å². The zero-order valence-corrected chi connectivity index (χ0v) is 13.1. The number of carbonyl (C=O) groups is 3. The van der Waals surface area contributed by atoms with E-state index in [2.05, 4.69) is 15.6 Å². The number of nitrogens with one attached hydrogen (secondary N) is 2. The molecule has 1 aliphatic heterocycles. The number of aromatic nitrogens is 1. The van der Waals surface area contributed by atoms with Crippen molar-refractivity contribution in [1.29, 1.82) is 0 Å².